The van der Waals surface area contributed by atoms with E-state index in [9.17, 15) is 4.79 Å². The number of benzene rings is 1. The van der Waals surface area contributed by atoms with Gasteiger partial charge in [0.25, 0.3) is 0 Å². The largest absolute Gasteiger partial charge is 0.481 e. The van der Waals surface area contributed by atoms with Crippen molar-refractivity contribution in [3.05, 3.63) is 35.4 Å². The van der Waals surface area contributed by atoms with Gasteiger partial charge in [-0.3, -0.25) is 4.79 Å². The molecule has 1 saturated heterocycles. The molecule has 0 saturated carbocycles. The van der Waals surface area contributed by atoms with Crippen LogP contribution in [0.1, 0.15) is 35.9 Å². The van der Waals surface area contributed by atoms with Crippen molar-refractivity contribution in [1.29, 1.82) is 0 Å². The van der Waals surface area contributed by atoms with E-state index in [0.29, 0.717) is 12.3 Å². The Kier molecular flexibility index (Phi) is 4.07. The predicted molar refractivity (Wildman–Crippen MR) is 70.3 cm³/mol. The smallest absolute Gasteiger partial charge is 0.303 e. The van der Waals surface area contributed by atoms with E-state index in [2.05, 4.69) is 12.1 Å². The van der Waals surface area contributed by atoms with Crippen LogP contribution in [0.25, 0.3) is 0 Å². The molecule has 1 heterocycles. The number of carboxylic acid groups (broad SMARTS) is 1. The fraction of sp³-hybridized carbons (Fsp3) is 0.462. The second-order valence-corrected chi connectivity index (χ2v) is 5.52. The summed E-state index contributed by atoms with van der Waals surface area (Å²) in [4.78, 5) is 10.5. The van der Waals surface area contributed by atoms with Gasteiger partial charge in [0.2, 0.25) is 0 Å². The molecule has 0 aromatic heterocycles. The third-order valence-electron chi connectivity index (χ3n) is 3.12. The molecule has 1 fully saturated rings. The highest BCUT2D eigenvalue weighted by atomic mass is 32.2. The van der Waals surface area contributed by atoms with Gasteiger partial charge in [0.1, 0.15) is 0 Å². The summed E-state index contributed by atoms with van der Waals surface area (Å²) >= 11 is 1.96. The van der Waals surface area contributed by atoms with Gasteiger partial charge in [0.15, 0.2) is 0 Å². The van der Waals surface area contributed by atoms with E-state index in [4.69, 9.17) is 10.8 Å². The van der Waals surface area contributed by atoms with Crippen molar-refractivity contribution >= 4 is 17.7 Å². The molecule has 0 bridgehead atoms. The molecule has 2 rings (SSSR count). The van der Waals surface area contributed by atoms with Gasteiger partial charge < -0.3 is 10.8 Å². The van der Waals surface area contributed by atoms with Gasteiger partial charge in [-0.25, -0.2) is 0 Å². The van der Waals surface area contributed by atoms with Crippen molar-refractivity contribution in [3.63, 3.8) is 0 Å². The Balaban J connectivity index is 2.01. The molecule has 0 radical (unpaired) electrons. The Bertz CT molecular complexity index is 404. The lowest BCUT2D eigenvalue weighted by Gasteiger charge is -2.26. The zero-order valence-corrected chi connectivity index (χ0v) is 10.5. The molecule has 1 aliphatic heterocycles. The lowest BCUT2D eigenvalue weighted by molar-refractivity contribution is -0.137. The Morgan fingerprint density at radius 3 is 2.88 bits per heavy atom. The Morgan fingerprint density at radius 1 is 1.53 bits per heavy atom. The second-order valence-electron chi connectivity index (χ2n) is 4.44. The highest BCUT2D eigenvalue weighted by Crippen LogP contribution is 2.34. The molecule has 0 aliphatic carbocycles. The Labute approximate surface area is 105 Å². The number of hydrogen-bond acceptors (Lipinski definition) is 3. The van der Waals surface area contributed by atoms with Crippen LogP contribution < -0.4 is 5.73 Å². The minimum Gasteiger partial charge on any atom is -0.481 e. The maximum absolute atomic E-state index is 10.5. The summed E-state index contributed by atoms with van der Waals surface area (Å²) in [6, 6.07) is 8.11. The summed E-state index contributed by atoms with van der Waals surface area (Å²) in [5, 5.41) is 8.64. The van der Waals surface area contributed by atoms with Gasteiger partial charge in [-0.1, -0.05) is 24.3 Å². The van der Waals surface area contributed by atoms with Crippen LogP contribution in [0.4, 0.5) is 0 Å². The second kappa shape index (κ2) is 5.56. The molecule has 92 valence electrons. The molecular formula is C13H17NO2S. The van der Waals surface area contributed by atoms with E-state index in [0.717, 1.165) is 5.56 Å². The SMILES string of the molecule is NC(CCC(=O)O)c1cccc(C2CSC2)c1. The van der Waals surface area contributed by atoms with Crippen LogP contribution in [0, 0.1) is 0 Å². The first-order chi connectivity index (χ1) is 8.16. The number of nitrogens with two attached hydrogens (primary N) is 1. The first-order valence-corrected chi connectivity index (χ1v) is 6.97. The van der Waals surface area contributed by atoms with Gasteiger partial charge in [-0.2, -0.15) is 11.8 Å². The molecule has 0 amide bonds. The number of hydrogen-bond donors (Lipinski definition) is 2. The lowest BCUT2D eigenvalue weighted by atomic mass is 9.95. The molecule has 17 heavy (non-hydrogen) atoms. The van der Waals surface area contributed by atoms with Crippen molar-refractivity contribution in [2.75, 3.05) is 11.5 Å². The quantitative estimate of drug-likeness (QED) is 0.843. The van der Waals surface area contributed by atoms with Crippen molar-refractivity contribution in [3.8, 4) is 0 Å². The summed E-state index contributed by atoms with van der Waals surface area (Å²) in [5.74, 6) is 2.25. The fourth-order valence-corrected chi connectivity index (χ4v) is 2.77. The van der Waals surface area contributed by atoms with Gasteiger partial charge >= 0.3 is 5.97 Å². The van der Waals surface area contributed by atoms with Crippen molar-refractivity contribution in [2.24, 2.45) is 5.73 Å². The van der Waals surface area contributed by atoms with Crippen LogP contribution in [0.3, 0.4) is 0 Å². The van der Waals surface area contributed by atoms with Crippen LogP contribution in [-0.2, 0) is 4.79 Å². The monoisotopic (exact) mass is 251 g/mol. The maximum Gasteiger partial charge on any atom is 0.303 e. The third-order valence-corrected chi connectivity index (χ3v) is 4.39. The Morgan fingerprint density at radius 2 is 2.29 bits per heavy atom. The van der Waals surface area contributed by atoms with E-state index in [1.807, 2.05) is 23.9 Å². The topological polar surface area (TPSA) is 63.3 Å². The van der Waals surface area contributed by atoms with Gasteiger partial charge in [0, 0.05) is 29.9 Å². The zero-order valence-electron chi connectivity index (χ0n) is 9.63. The zero-order chi connectivity index (χ0) is 12.3. The molecule has 1 aromatic carbocycles. The minimum absolute atomic E-state index is 0.130. The highest BCUT2D eigenvalue weighted by molar-refractivity contribution is 8.00. The van der Waals surface area contributed by atoms with Crippen LogP contribution in [0.5, 0.6) is 0 Å². The van der Waals surface area contributed by atoms with E-state index < -0.39 is 5.97 Å². The molecule has 1 aliphatic rings. The summed E-state index contributed by atoms with van der Waals surface area (Å²) in [5.41, 5.74) is 8.40. The minimum atomic E-state index is -0.785. The van der Waals surface area contributed by atoms with Gasteiger partial charge in [-0.05, 0) is 17.5 Å². The molecule has 1 atom stereocenters. The highest BCUT2D eigenvalue weighted by Gasteiger charge is 2.20. The van der Waals surface area contributed by atoms with Crippen LogP contribution >= 0.6 is 11.8 Å². The average Bonchev–Trinajstić information content (AvgIpc) is 2.24. The summed E-state index contributed by atoms with van der Waals surface area (Å²) in [6.07, 6.45) is 0.628. The first-order valence-electron chi connectivity index (χ1n) is 5.82. The summed E-state index contributed by atoms with van der Waals surface area (Å²) in [6.45, 7) is 0. The van der Waals surface area contributed by atoms with Crippen LogP contribution in [0.15, 0.2) is 24.3 Å². The van der Waals surface area contributed by atoms with Crippen molar-refractivity contribution < 1.29 is 9.90 Å². The molecule has 3 nitrogen and oxygen atoms in total. The molecule has 1 unspecified atom stereocenters. The summed E-state index contributed by atoms with van der Waals surface area (Å²) < 4.78 is 0. The van der Waals surface area contributed by atoms with Gasteiger partial charge in [-0.15, -0.1) is 0 Å². The molecule has 0 spiro atoms. The van der Waals surface area contributed by atoms with E-state index >= 15 is 0 Å². The first kappa shape index (κ1) is 12.5. The molecule has 4 heteroatoms. The van der Waals surface area contributed by atoms with Crippen LogP contribution in [-0.4, -0.2) is 22.6 Å². The number of carbonyl (C=O) groups is 1. The average molecular weight is 251 g/mol. The van der Waals surface area contributed by atoms with Crippen molar-refractivity contribution in [1.82, 2.24) is 0 Å². The van der Waals surface area contributed by atoms with Crippen molar-refractivity contribution in [2.45, 2.75) is 24.8 Å². The predicted octanol–water partition coefficient (Wildman–Crippen LogP) is 2.38. The third kappa shape index (κ3) is 3.23. The molecule has 3 N–H and O–H groups in total. The number of carboxylic acids is 1. The van der Waals surface area contributed by atoms with E-state index in [1.165, 1.54) is 17.1 Å². The standard InChI is InChI=1S/C13H17NO2S/c14-12(4-5-13(15)16)10-3-1-2-9(6-10)11-7-17-8-11/h1-3,6,11-12H,4-5,7-8,14H2,(H,15,16). The van der Waals surface area contributed by atoms with Gasteiger partial charge in [0.05, 0.1) is 0 Å². The van der Waals surface area contributed by atoms with E-state index in [-0.39, 0.29) is 12.5 Å². The normalized spacial score (nSPS) is 17.5. The molecular weight excluding hydrogens is 234 g/mol. The number of rotatable bonds is 5. The summed E-state index contributed by atoms with van der Waals surface area (Å²) in [7, 11) is 0. The number of aliphatic carboxylic acids is 1. The lowest BCUT2D eigenvalue weighted by Crippen LogP contribution is -2.17. The fourth-order valence-electron chi connectivity index (χ4n) is 1.92. The van der Waals surface area contributed by atoms with Crippen LogP contribution in [0.2, 0.25) is 0 Å². The van der Waals surface area contributed by atoms with E-state index in [1.54, 1.807) is 0 Å². The Hall–Kier alpha value is -1.00. The molecule has 1 aromatic rings. The number of thioether (sulfide) groups is 1. The maximum atomic E-state index is 10.5.